The van der Waals surface area contributed by atoms with E-state index in [1.54, 1.807) is 24.3 Å². The van der Waals surface area contributed by atoms with Gasteiger partial charge in [0.1, 0.15) is 16.8 Å². The molecule has 1 unspecified atom stereocenters. The number of hydrogen-bond acceptors (Lipinski definition) is 6. The van der Waals surface area contributed by atoms with E-state index in [0.717, 1.165) is 30.0 Å². The highest BCUT2D eigenvalue weighted by Gasteiger charge is 2.33. The highest BCUT2D eigenvalue weighted by Crippen LogP contribution is 2.36. The molecule has 4 rings (SSSR count). The lowest BCUT2D eigenvalue weighted by Gasteiger charge is -2.08. The lowest BCUT2D eigenvalue weighted by Crippen LogP contribution is -2.28. The number of rotatable bonds is 6. The summed E-state index contributed by atoms with van der Waals surface area (Å²) in [4.78, 5) is 24.4. The van der Waals surface area contributed by atoms with Gasteiger partial charge in [0.25, 0.3) is 0 Å². The Hall–Kier alpha value is -3.28. The van der Waals surface area contributed by atoms with Gasteiger partial charge in [-0.15, -0.1) is 5.10 Å². The molecule has 3 aromatic rings. The van der Waals surface area contributed by atoms with Gasteiger partial charge in [-0.25, -0.2) is 0 Å². The van der Waals surface area contributed by atoms with Crippen LogP contribution in [0.15, 0.2) is 69.2 Å². The van der Waals surface area contributed by atoms with Crippen molar-refractivity contribution >= 4 is 63.8 Å². The van der Waals surface area contributed by atoms with Crippen molar-refractivity contribution in [3.05, 3.63) is 76.0 Å². The molecule has 1 atom stereocenters. The van der Waals surface area contributed by atoms with Gasteiger partial charge in [0.2, 0.25) is 11.8 Å². The zero-order valence-electron chi connectivity index (χ0n) is 18.0. The first kappa shape index (κ1) is 25.8. The maximum atomic E-state index is 13.0. The molecule has 13 heteroatoms. The number of hydrogen-bond donors (Lipinski definition) is 2. The Morgan fingerprint density at radius 3 is 2.61 bits per heavy atom. The number of nitrogens with zero attached hydrogens (tertiary/aromatic N) is 2. The number of carbonyl (C=O) groups excluding carboxylic acids is 2. The quantitative estimate of drug-likeness (QED) is 0.279. The van der Waals surface area contributed by atoms with Crippen LogP contribution in [0.5, 0.6) is 0 Å². The Morgan fingerprint density at radius 2 is 1.89 bits per heavy atom. The number of amidine groups is 1. The van der Waals surface area contributed by atoms with Crippen LogP contribution in [0.1, 0.15) is 17.7 Å². The molecule has 0 spiro atoms. The summed E-state index contributed by atoms with van der Waals surface area (Å²) in [5.41, 5.74) is -0.225. The first-order chi connectivity index (χ1) is 17.1. The summed E-state index contributed by atoms with van der Waals surface area (Å²) in [6.07, 6.45) is -3.38. The molecular weight excluding hydrogens is 540 g/mol. The molecule has 2 amide bonds. The van der Waals surface area contributed by atoms with E-state index >= 15 is 0 Å². The van der Waals surface area contributed by atoms with Crippen LogP contribution < -0.4 is 10.6 Å². The normalized spacial score (nSPS) is 17.1. The standard InChI is InChI=1S/C23H15Cl2F3N4O3S/c24-13-2-4-14(5-3-13)30-20(33)10-19-21(34)31-22(36-19)32-29-11-15-6-8-18(35-15)16-9-12(23(26,27)28)1-7-17(16)25/h1-9,11,19H,10H2,(H,30,33)(H,31,32,34)/b29-11+. The molecule has 36 heavy (non-hydrogen) atoms. The van der Waals surface area contributed by atoms with E-state index in [2.05, 4.69) is 20.8 Å². The summed E-state index contributed by atoms with van der Waals surface area (Å²) >= 11 is 12.9. The van der Waals surface area contributed by atoms with Gasteiger partial charge < -0.3 is 15.1 Å². The third-order valence-corrected chi connectivity index (χ3v) is 6.45. The van der Waals surface area contributed by atoms with E-state index in [1.165, 1.54) is 18.3 Å². The van der Waals surface area contributed by atoms with Gasteiger partial charge in [-0.3, -0.25) is 9.59 Å². The molecule has 1 aliphatic rings. The minimum absolute atomic E-state index is 0.0794. The van der Waals surface area contributed by atoms with Gasteiger partial charge in [0.05, 0.1) is 16.8 Å². The number of anilines is 1. The summed E-state index contributed by atoms with van der Waals surface area (Å²) in [5.74, 6) is -0.419. The van der Waals surface area contributed by atoms with Crippen molar-refractivity contribution < 1.29 is 27.2 Å². The molecule has 0 aliphatic carbocycles. The molecule has 1 aliphatic heterocycles. The molecule has 1 saturated heterocycles. The Morgan fingerprint density at radius 1 is 1.14 bits per heavy atom. The molecule has 186 valence electrons. The molecule has 7 nitrogen and oxygen atoms in total. The summed E-state index contributed by atoms with van der Waals surface area (Å²) < 4.78 is 44.5. The number of alkyl halides is 3. The smallest absolute Gasteiger partial charge is 0.416 e. The van der Waals surface area contributed by atoms with Crippen molar-refractivity contribution in [2.24, 2.45) is 10.2 Å². The van der Waals surface area contributed by atoms with Gasteiger partial charge >= 0.3 is 6.18 Å². The van der Waals surface area contributed by atoms with Crippen molar-refractivity contribution in [3.8, 4) is 11.3 Å². The van der Waals surface area contributed by atoms with E-state index < -0.39 is 17.0 Å². The predicted molar refractivity (Wildman–Crippen MR) is 133 cm³/mol. The minimum Gasteiger partial charge on any atom is -0.455 e. The second-order valence-electron chi connectivity index (χ2n) is 7.40. The first-order valence-corrected chi connectivity index (χ1v) is 11.8. The average Bonchev–Trinajstić information content (AvgIpc) is 3.41. The topological polar surface area (TPSA) is 96.1 Å². The van der Waals surface area contributed by atoms with Crippen LogP contribution in [0.25, 0.3) is 11.3 Å². The second-order valence-corrected chi connectivity index (χ2v) is 9.43. The van der Waals surface area contributed by atoms with Crippen molar-refractivity contribution in [1.82, 2.24) is 5.32 Å². The average molecular weight is 555 g/mol. The van der Waals surface area contributed by atoms with E-state index in [1.807, 2.05) is 0 Å². The van der Waals surface area contributed by atoms with Gasteiger partial charge in [0, 0.05) is 22.7 Å². The van der Waals surface area contributed by atoms with Crippen LogP contribution in [0.2, 0.25) is 10.0 Å². The van der Waals surface area contributed by atoms with E-state index in [0.29, 0.717) is 10.7 Å². The third kappa shape index (κ3) is 6.48. The van der Waals surface area contributed by atoms with Crippen molar-refractivity contribution in [3.63, 3.8) is 0 Å². The SMILES string of the molecule is O=C(CC1S/C(=N/N=C/c2ccc(-c3cc(C(F)(F)F)ccc3Cl)o2)NC1=O)Nc1ccc(Cl)cc1. The molecule has 1 aromatic heterocycles. The Balaban J connectivity index is 1.37. The Labute approximate surface area is 216 Å². The zero-order valence-corrected chi connectivity index (χ0v) is 20.3. The van der Waals surface area contributed by atoms with Crippen LogP contribution in [0.4, 0.5) is 18.9 Å². The van der Waals surface area contributed by atoms with Crippen molar-refractivity contribution in [1.29, 1.82) is 0 Å². The summed E-state index contributed by atoms with van der Waals surface area (Å²) in [5, 5.41) is 13.1. The predicted octanol–water partition coefficient (Wildman–Crippen LogP) is 6.22. The van der Waals surface area contributed by atoms with Crippen LogP contribution in [0, 0.1) is 0 Å². The van der Waals surface area contributed by atoms with Crippen LogP contribution in [-0.2, 0) is 15.8 Å². The van der Waals surface area contributed by atoms with Crippen LogP contribution >= 0.6 is 35.0 Å². The van der Waals surface area contributed by atoms with E-state index in [-0.39, 0.29) is 45.5 Å². The lowest BCUT2D eigenvalue weighted by molar-refractivity contribution is -0.137. The zero-order chi connectivity index (χ0) is 25.9. The summed E-state index contributed by atoms with van der Waals surface area (Å²) in [6, 6.07) is 12.4. The summed E-state index contributed by atoms with van der Waals surface area (Å²) in [7, 11) is 0. The minimum atomic E-state index is -4.52. The molecule has 1 fully saturated rings. The number of amides is 2. The van der Waals surface area contributed by atoms with Gasteiger partial charge in [-0.2, -0.15) is 18.3 Å². The molecule has 0 saturated carbocycles. The molecule has 2 aromatic carbocycles. The lowest BCUT2D eigenvalue weighted by atomic mass is 10.1. The largest absolute Gasteiger partial charge is 0.455 e. The second kappa shape index (κ2) is 10.8. The van der Waals surface area contributed by atoms with E-state index in [9.17, 15) is 22.8 Å². The van der Waals surface area contributed by atoms with Crippen LogP contribution in [0.3, 0.4) is 0 Å². The number of nitrogens with one attached hydrogen (secondary N) is 2. The fraction of sp³-hybridized carbons (Fsp3) is 0.130. The van der Waals surface area contributed by atoms with Gasteiger partial charge in [-0.1, -0.05) is 35.0 Å². The monoisotopic (exact) mass is 554 g/mol. The van der Waals surface area contributed by atoms with Crippen LogP contribution in [-0.4, -0.2) is 28.4 Å². The van der Waals surface area contributed by atoms with Gasteiger partial charge in [0.15, 0.2) is 5.17 Å². The van der Waals surface area contributed by atoms with Gasteiger partial charge in [-0.05, 0) is 54.6 Å². The maximum Gasteiger partial charge on any atom is 0.416 e. The molecule has 0 radical (unpaired) electrons. The number of furan rings is 1. The van der Waals surface area contributed by atoms with E-state index in [4.69, 9.17) is 27.6 Å². The molecular formula is C23H15Cl2F3N4O3S. The highest BCUT2D eigenvalue weighted by atomic mass is 35.5. The fourth-order valence-corrected chi connectivity index (χ4v) is 4.36. The number of halogens is 5. The third-order valence-electron chi connectivity index (χ3n) is 4.79. The number of benzene rings is 2. The number of thioether (sulfide) groups is 1. The number of carbonyl (C=O) groups is 2. The molecule has 0 bridgehead atoms. The van der Waals surface area contributed by atoms with Crippen molar-refractivity contribution in [2.75, 3.05) is 5.32 Å². The molecule has 2 N–H and O–H groups in total. The highest BCUT2D eigenvalue weighted by molar-refractivity contribution is 8.15. The molecule has 2 heterocycles. The fourth-order valence-electron chi connectivity index (χ4n) is 3.10. The first-order valence-electron chi connectivity index (χ1n) is 10.2. The Bertz CT molecular complexity index is 1360. The van der Waals surface area contributed by atoms with Crippen molar-refractivity contribution in [2.45, 2.75) is 17.8 Å². The summed E-state index contributed by atoms with van der Waals surface area (Å²) in [6.45, 7) is 0. The Kier molecular flexibility index (Phi) is 7.72. The maximum absolute atomic E-state index is 13.0.